The third kappa shape index (κ3) is 20.9. The first-order valence-corrected chi connectivity index (χ1v) is 6.01. The molecule has 0 amide bonds. The molecule has 0 aromatic carbocycles. The summed E-state index contributed by atoms with van der Waals surface area (Å²) in [4.78, 5) is 20.4. The van der Waals surface area contributed by atoms with Gasteiger partial charge in [0.15, 0.2) is 0 Å². The number of hydrogen-bond acceptors (Lipinski definition) is 3. The van der Waals surface area contributed by atoms with Gasteiger partial charge in [-0.1, -0.05) is 32.1 Å². The van der Waals surface area contributed by atoms with Gasteiger partial charge >= 0.3 is 11.9 Å². The average Bonchev–Trinajstić information content (AvgIpc) is 2.29. The van der Waals surface area contributed by atoms with Crippen LogP contribution in [0, 0.1) is 0 Å². The van der Waals surface area contributed by atoms with Crippen molar-refractivity contribution < 1.29 is 24.9 Å². The molecule has 0 aliphatic heterocycles. The normalized spacial score (nSPS) is 9.29. The summed E-state index contributed by atoms with van der Waals surface area (Å²) < 4.78 is 0. The molecule has 5 nitrogen and oxygen atoms in total. The predicted octanol–water partition coefficient (Wildman–Crippen LogP) is 2.27. The van der Waals surface area contributed by atoms with Crippen molar-refractivity contribution in [2.45, 2.75) is 57.8 Å². The number of carbonyl (C=O) groups is 2. The average molecular weight is 248 g/mol. The van der Waals surface area contributed by atoms with E-state index in [2.05, 4.69) is 0 Å². The Bertz CT molecular complexity index is 171. The van der Waals surface area contributed by atoms with Crippen molar-refractivity contribution in [2.24, 2.45) is 0 Å². The fraction of sp³-hybridized carbons (Fsp3) is 0.833. The third-order valence-electron chi connectivity index (χ3n) is 2.28. The van der Waals surface area contributed by atoms with Crippen LogP contribution in [0.25, 0.3) is 0 Å². The first kappa shape index (κ1) is 18.3. The Morgan fingerprint density at radius 3 is 1.12 bits per heavy atom. The van der Waals surface area contributed by atoms with Crippen LogP contribution in [-0.4, -0.2) is 34.4 Å². The molecule has 0 unspecified atom stereocenters. The van der Waals surface area contributed by atoms with Crippen LogP contribution in [0.5, 0.6) is 0 Å². The molecule has 17 heavy (non-hydrogen) atoms. The van der Waals surface area contributed by atoms with E-state index in [0.717, 1.165) is 52.1 Å². The zero-order valence-corrected chi connectivity index (χ0v) is 10.5. The van der Waals surface area contributed by atoms with Gasteiger partial charge in [0.1, 0.15) is 0 Å². The van der Waals surface area contributed by atoms with Crippen molar-refractivity contribution in [3.63, 3.8) is 0 Å². The fourth-order valence-corrected chi connectivity index (χ4v) is 1.44. The molecule has 0 aromatic heterocycles. The highest BCUT2D eigenvalue weighted by Gasteiger charge is 1.98. The molecule has 0 aliphatic rings. The second-order valence-electron chi connectivity index (χ2n) is 3.76. The Kier molecular flexibility index (Phi) is 16.0. The van der Waals surface area contributed by atoms with Gasteiger partial charge in [-0.2, -0.15) is 0 Å². The summed E-state index contributed by atoms with van der Waals surface area (Å²) in [6.07, 6.45) is 7.16. The summed E-state index contributed by atoms with van der Waals surface area (Å²) in [6, 6.07) is 0. The molecule has 0 radical (unpaired) electrons. The second kappa shape index (κ2) is 14.9. The Labute approximate surface area is 102 Å². The van der Waals surface area contributed by atoms with Crippen LogP contribution in [-0.2, 0) is 9.59 Å². The highest BCUT2D eigenvalue weighted by Crippen LogP contribution is 2.09. The lowest BCUT2D eigenvalue weighted by Crippen LogP contribution is -1.94. The monoisotopic (exact) mass is 248 g/mol. The van der Waals surface area contributed by atoms with Crippen molar-refractivity contribution in [1.82, 2.24) is 0 Å². The summed E-state index contributed by atoms with van der Waals surface area (Å²) >= 11 is 0. The highest BCUT2D eigenvalue weighted by atomic mass is 16.4. The molecule has 0 atom stereocenters. The van der Waals surface area contributed by atoms with E-state index < -0.39 is 11.9 Å². The number of rotatable bonds is 10. The quantitative estimate of drug-likeness (QED) is 0.515. The maximum absolute atomic E-state index is 10.2. The Morgan fingerprint density at radius 2 is 0.882 bits per heavy atom. The first-order valence-electron chi connectivity index (χ1n) is 6.01. The SMILES string of the molecule is CO.O=C(O)CCCCCCCCCC(=O)O. The number of hydrogen-bond donors (Lipinski definition) is 3. The molecule has 0 aliphatic carbocycles. The van der Waals surface area contributed by atoms with Crippen molar-refractivity contribution in [3.05, 3.63) is 0 Å². The predicted molar refractivity (Wildman–Crippen MR) is 65.0 cm³/mol. The summed E-state index contributed by atoms with van der Waals surface area (Å²) in [5, 5.41) is 23.8. The maximum Gasteiger partial charge on any atom is 0.303 e. The van der Waals surface area contributed by atoms with E-state index in [1.165, 1.54) is 0 Å². The second-order valence-corrected chi connectivity index (χ2v) is 3.76. The van der Waals surface area contributed by atoms with E-state index in [4.69, 9.17) is 15.3 Å². The lowest BCUT2D eigenvalue weighted by Gasteiger charge is -1.99. The van der Waals surface area contributed by atoms with Gasteiger partial charge in [-0.25, -0.2) is 0 Å². The van der Waals surface area contributed by atoms with Crippen LogP contribution in [0.1, 0.15) is 57.8 Å². The van der Waals surface area contributed by atoms with Crippen LogP contribution in [0.2, 0.25) is 0 Å². The molecule has 0 heterocycles. The van der Waals surface area contributed by atoms with Crippen molar-refractivity contribution >= 4 is 11.9 Å². The molecular weight excluding hydrogens is 224 g/mol. The molecule has 102 valence electrons. The van der Waals surface area contributed by atoms with E-state index >= 15 is 0 Å². The Hall–Kier alpha value is -1.10. The lowest BCUT2D eigenvalue weighted by molar-refractivity contribution is -0.138. The molecule has 0 bridgehead atoms. The number of carboxylic acid groups (broad SMARTS) is 2. The fourth-order valence-electron chi connectivity index (χ4n) is 1.44. The van der Waals surface area contributed by atoms with Gasteiger partial charge in [0.25, 0.3) is 0 Å². The van der Waals surface area contributed by atoms with Crippen LogP contribution >= 0.6 is 0 Å². The maximum atomic E-state index is 10.2. The van der Waals surface area contributed by atoms with Crippen molar-refractivity contribution in [3.8, 4) is 0 Å². The van der Waals surface area contributed by atoms with E-state index in [-0.39, 0.29) is 12.8 Å². The summed E-state index contributed by atoms with van der Waals surface area (Å²) in [6.45, 7) is 0. The van der Waals surface area contributed by atoms with Gasteiger partial charge in [0, 0.05) is 20.0 Å². The standard InChI is InChI=1S/C11H20O4.CH4O/c12-10(13)8-6-4-2-1-3-5-7-9-11(14)15;1-2/h1-9H2,(H,12,13)(H,14,15);2H,1H3. The van der Waals surface area contributed by atoms with Crippen LogP contribution < -0.4 is 0 Å². The van der Waals surface area contributed by atoms with E-state index in [9.17, 15) is 9.59 Å². The number of carboxylic acids is 2. The van der Waals surface area contributed by atoms with Crippen LogP contribution in [0.3, 0.4) is 0 Å². The van der Waals surface area contributed by atoms with Gasteiger partial charge < -0.3 is 15.3 Å². The lowest BCUT2D eigenvalue weighted by atomic mass is 10.1. The molecule has 3 N–H and O–H groups in total. The van der Waals surface area contributed by atoms with Gasteiger partial charge in [0.2, 0.25) is 0 Å². The van der Waals surface area contributed by atoms with E-state index in [1.807, 2.05) is 0 Å². The molecule has 0 rings (SSSR count). The van der Waals surface area contributed by atoms with Crippen molar-refractivity contribution in [1.29, 1.82) is 0 Å². The van der Waals surface area contributed by atoms with Gasteiger partial charge in [-0.3, -0.25) is 9.59 Å². The molecule has 0 spiro atoms. The van der Waals surface area contributed by atoms with E-state index in [0.29, 0.717) is 0 Å². The topological polar surface area (TPSA) is 94.8 Å². The van der Waals surface area contributed by atoms with Crippen molar-refractivity contribution in [2.75, 3.05) is 7.11 Å². The summed E-state index contributed by atoms with van der Waals surface area (Å²) in [7, 11) is 1.00. The van der Waals surface area contributed by atoms with Gasteiger partial charge in [-0.05, 0) is 12.8 Å². The largest absolute Gasteiger partial charge is 0.481 e. The number of aliphatic carboxylic acids is 2. The highest BCUT2D eigenvalue weighted by molar-refractivity contribution is 5.66. The minimum Gasteiger partial charge on any atom is -0.481 e. The van der Waals surface area contributed by atoms with E-state index in [1.54, 1.807) is 0 Å². The first-order chi connectivity index (χ1) is 8.13. The number of aliphatic hydroxyl groups is 1. The van der Waals surface area contributed by atoms with Crippen LogP contribution in [0.15, 0.2) is 0 Å². The van der Waals surface area contributed by atoms with Gasteiger partial charge in [0.05, 0.1) is 0 Å². The summed E-state index contributed by atoms with van der Waals surface area (Å²) in [5.41, 5.74) is 0. The minimum atomic E-state index is -0.726. The molecular formula is C12H24O5. The Balaban J connectivity index is 0. The molecule has 0 saturated carbocycles. The molecule has 0 aromatic rings. The smallest absolute Gasteiger partial charge is 0.303 e. The minimum absolute atomic E-state index is 0.263. The molecule has 0 fully saturated rings. The summed E-state index contributed by atoms with van der Waals surface area (Å²) in [5.74, 6) is -1.45. The third-order valence-corrected chi connectivity index (χ3v) is 2.28. The Morgan fingerprint density at radius 1 is 0.647 bits per heavy atom. The van der Waals surface area contributed by atoms with Crippen LogP contribution in [0.4, 0.5) is 0 Å². The van der Waals surface area contributed by atoms with Gasteiger partial charge in [-0.15, -0.1) is 0 Å². The molecule has 0 saturated heterocycles. The number of unbranched alkanes of at least 4 members (excludes halogenated alkanes) is 6. The number of aliphatic hydroxyl groups excluding tert-OH is 1. The molecule has 5 heteroatoms. The zero-order chi connectivity index (χ0) is 13.5. The zero-order valence-electron chi connectivity index (χ0n) is 10.5.